The van der Waals surface area contributed by atoms with Gasteiger partial charge in [0.1, 0.15) is 0 Å². The van der Waals surface area contributed by atoms with Crippen molar-refractivity contribution in [2.45, 2.75) is 13.0 Å². The van der Waals surface area contributed by atoms with Crippen LogP contribution in [0.1, 0.15) is 11.3 Å². The average Bonchev–Trinajstić information content (AvgIpc) is 2.29. The van der Waals surface area contributed by atoms with Crippen molar-refractivity contribution in [1.82, 2.24) is 9.97 Å². The van der Waals surface area contributed by atoms with Gasteiger partial charge in [0.2, 0.25) is 11.9 Å². The SMILES string of the molecule is C=CC(=O)Nc1ncc2c(n1)CCOC2. The van der Waals surface area contributed by atoms with Gasteiger partial charge in [-0.15, -0.1) is 0 Å². The summed E-state index contributed by atoms with van der Waals surface area (Å²) in [5, 5.41) is 2.52. The second-order valence-corrected chi connectivity index (χ2v) is 3.16. The number of anilines is 1. The number of aromatic nitrogens is 2. The van der Waals surface area contributed by atoms with Gasteiger partial charge in [-0.1, -0.05) is 6.58 Å². The van der Waals surface area contributed by atoms with Crippen molar-refractivity contribution >= 4 is 11.9 Å². The molecule has 0 fully saturated rings. The molecule has 0 saturated carbocycles. The van der Waals surface area contributed by atoms with E-state index in [1.165, 1.54) is 6.08 Å². The van der Waals surface area contributed by atoms with Crippen LogP contribution in [0, 0.1) is 0 Å². The zero-order chi connectivity index (χ0) is 10.7. The molecule has 5 nitrogen and oxygen atoms in total. The minimum absolute atomic E-state index is 0.304. The first-order chi connectivity index (χ1) is 7.29. The molecule has 15 heavy (non-hydrogen) atoms. The summed E-state index contributed by atoms with van der Waals surface area (Å²) in [4.78, 5) is 19.3. The summed E-state index contributed by atoms with van der Waals surface area (Å²) in [6.45, 7) is 4.57. The molecule has 0 spiro atoms. The molecule has 0 saturated heterocycles. The summed E-state index contributed by atoms with van der Waals surface area (Å²) < 4.78 is 5.25. The van der Waals surface area contributed by atoms with Gasteiger partial charge in [0.25, 0.3) is 0 Å². The number of nitrogens with zero attached hydrogens (tertiary/aromatic N) is 2. The van der Waals surface area contributed by atoms with Crippen LogP contribution in [0.15, 0.2) is 18.9 Å². The molecule has 1 amide bonds. The van der Waals surface area contributed by atoms with E-state index in [1.54, 1.807) is 6.20 Å². The van der Waals surface area contributed by atoms with Gasteiger partial charge in [0.15, 0.2) is 0 Å². The van der Waals surface area contributed by atoms with E-state index in [0.717, 1.165) is 17.7 Å². The Labute approximate surface area is 87.2 Å². The smallest absolute Gasteiger partial charge is 0.250 e. The predicted molar refractivity (Wildman–Crippen MR) is 54.2 cm³/mol. The predicted octanol–water partition coefficient (Wildman–Crippen LogP) is 0.674. The first-order valence-electron chi connectivity index (χ1n) is 4.65. The molecule has 0 unspecified atom stereocenters. The molecule has 0 aliphatic carbocycles. The maximum atomic E-state index is 11.0. The lowest BCUT2D eigenvalue weighted by Gasteiger charge is -2.15. The molecular weight excluding hydrogens is 194 g/mol. The van der Waals surface area contributed by atoms with Gasteiger partial charge in [-0.05, 0) is 6.08 Å². The van der Waals surface area contributed by atoms with Crippen LogP contribution >= 0.6 is 0 Å². The molecule has 5 heteroatoms. The van der Waals surface area contributed by atoms with Crippen LogP contribution in [0.25, 0.3) is 0 Å². The number of fused-ring (bicyclic) bond motifs is 1. The van der Waals surface area contributed by atoms with Crippen LogP contribution in [0.2, 0.25) is 0 Å². The lowest BCUT2D eigenvalue weighted by molar-refractivity contribution is -0.111. The quantitative estimate of drug-likeness (QED) is 0.721. The Balaban J connectivity index is 2.20. The third kappa shape index (κ3) is 2.19. The van der Waals surface area contributed by atoms with E-state index in [9.17, 15) is 4.79 Å². The maximum Gasteiger partial charge on any atom is 0.250 e. The third-order valence-corrected chi connectivity index (χ3v) is 2.12. The highest BCUT2D eigenvalue weighted by atomic mass is 16.5. The Kier molecular flexibility index (Phi) is 2.73. The zero-order valence-corrected chi connectivity index (χ0v) is 8.19. The molecule has 0 aromatic carbocycles. The average molecular weight is 205 g/mol. The molecule has 1 N–H and O–H groups in total. The van der Waals surface area contributed by atoms with E-state index >= 15 is 0 Å². The summed E-state index contributed by atoms with van der Waals surface area (Å²) in [6, 6.07) is 0. The van der Waals surface area contributed by atoms with Crippen molar-refractivity contribution < 1.29 is 9.53 Å². The minimum atomic E-state index is -0.304. The van der Waals surface area contributed by atoms with Crippen LogP contribution in [0.5, 0.6) is 0 Å². The van der Waals surface area contributed by atoms with Crippen molar-refractivity contribution in [3.8, 4) is 0 Å². The van der Waals surface area contributed by atoms with Gasteiger partial charge in [-0.2, -0.15) is 0 Å². The topological polar surface area (TPSA) is 64.1 Å². The zero-order valence-electron chi connectivity index (χ0n) is 8.19. The second-order valence-electron chi connectivity index (χ2n) is 3.16. The Morgan fingerprint density at radius 2 is 2.53 bits per heavy atom. The highest BCUT2D eigenvalue weighted by Crippen LogP contribution is 2.14. The van der Waals surface area contributed by atoms with E-state index in [-0.39, 0.29) is 5.91 Å². The first kappa shape index (κ1) is 9.79. The fraction of sp³-hybridized carbons (Fsp3) is 0.300. The second kappa shape index (κ2) is 4.18. The number of carbonyl (C=O) groups is 1. The molecule has 2 rings (SSSR count). The summed E-state index contributed by atoms with van der Waals surface area (Å²) in [5.41, 5.74) is 1.92. The van der Waals surface area contributed by atoms with E-state index in [0.29, 0.717) is 19.2 Å². The molecule has 1 aliphatic rings. The molecule has 1 aromatic rings. The summed E-state index contributed by atoms with van der Waals surface area (Å²) in [7, 11) is 0. The van der Waals surface area contributed by atoms with Crippen molar-refractivity contribution in [2.24, 2.45) is 0 Å². The molecule has 0 bridgehead atoms. The molecule has 0 atom stereocenters. The van der Waals surface area contributed by atoms with Gasteiger partial charge < -0.3 is 4.74 Å². The number of hydrogen-bond acceptors (Lipinski definition) is 4. The summed E-state index contributed by atoms with van der Waals surface area (Å²) in [6.07, 6.45) is 3.63. The Bertz CT molecular complexity index is 404. The van der Waals surface area contributed by atoms with Crippen LogP contribution in [-0.2, 0) is 22.6 Å². The number of rotatable bonds is 2. The van der Waals surface area contributed by atoms with Crippen molar-refractivity contribution in [2.75, 3.05) is 11.9 Å². The van der Waals surface area contributed by atoms with Gasteiger partial charge >= 0.3 is 0 Å². The Morgan fingerprint density at radius 1 is 1.67 bits per heavy atom. The minimum Gasteiger partial charge on any atom is -0.376 e. The number of ether oxygens (including phenoxy) is 1. The first-order valence-corrected chi connectivity index (χ1v) is 4.65. The van der Waals surface area contributed by atoms with Crippen molar-refractivity contribution in [3.63, 3.8) is 0 Å². The molecule has 1 aromatic heterocycles. The molecule has 78 valence electrons. The highest BCUT2D eigenvalue weighted by Gasteiger charge is 2.12. The normalized spacial score (nSPS) is 14.1. The fourth-order valence-corrected chi connectivity index (χ4v) is 1.35. The van der Waals surface area contributed by atoms with Crippen LogP contribution in [0.4, 0.5) is 5.95 Å². The molecule has 2 heterocycles. The summed E-state index contributed by atoms with van der Waals surface area (Å²) in [5.74, 6) is 0.0163. The van der Waals surface area contributed by atoms with Crippen LogP contribution in [0.3, 0.4) is 0 Å². The monoisotopic (exact) mass is 205 g/mol. The number of hydrogen-bond donors (Lipinski definition) is 1. The molecular formula is C10H11N3O2. The lowest BCUT2D eigenvalue weighted by atomic mass is 10.1. The van der Waals surface area contributed by atoms with Gasteiger partial charge in [-0.25, -0.2) is 9.97 Å². The Morgan fingerprint density at radius 3 is 3.33 bits per heavy atom. The largest absolute Gasteiger partial charge is 0.376 e. The van der Waals surface area contributed by atoms with Crippen molar-refractivity contribution in [1.29, 1.82) is 0 Å². The lowest BCUT2D eigenvalue weighted by Crippen LogP contribution is -2.16. The van der Waals surface area contributed by atoms with E-state index in [4.69, 9.17) is 4.74 Å². The Hall–Kier alpha value is -1.75. The van der Waals surface area contributed by atoms with Crippen LogP contribution < -0.4 is 5.32 Å². The fourth-order valence-electron chi connectivity index (χ4n) is 1.35. The van der Waals surface area contributed by atoms with Crippen LogP contribution in [-0.4, -0.2) is 22.5 Å². The number of amides is 1. The number of nitrogens with one attached hydrogen (secondary N) is 1. The highest BCUT2D eigenvalue weighted by molar-refractivity contribution is 5.97. The standard InChI is InChI=1S/C10H11N3O2/c1-2-9(14)13-10-11-5-7-6-15-4-3-8(7)12-10/h2,5H,1,3-4,6H2,(H,11,12,13,14). The van der Waals surface area contributed by atoms with Gasteiger partial charge in [-0.3, -0.25) is 10.1 Å². The summed E-state index contributed by atoms with van der Waals surface area (Å²) >= 11 is 0. The molecule has 1 aliphatic heterocycles. The van der Waals surface area contributed by atoms with Crippen molar-refractivity contribution in [3.05, 3.63) is 30.1 Å². The van der Waals surface area contributed by atoms with E-state index < -0.39 is 0 Å². The van der Waals surface area contributed by atoms with E-state index in [1.807, 2.05) is 0 Å². The maximum absolute atomic E-state index is 11.0. The van der Waals surface area contributed by atoms with Gasteiger partial charge in [0, 0.05) is 18.2 Å². The number of carbonyl (C=O) groups excluding carboxylic acids is 1. The van der Waals surface area contributed by atoms with Gasteiger partial charge in [0.05, 0.1) is 18.9 Å². The third-order valence-electron chi connectivity index (χ3n) is 2.12. The van der Waals surface area contributed by atoms with E-state index in [2.05, 4.69) is 21.9 Å². The molecule has 0 radical (unpaired) electrons.